The number of nitrogens with zero attached hydrogens (tertiary/aromatic N) is 2. The zero-order valence-corrected chi connectivity index (χ0v) is 17.9. The maximum absolute atomic E-state index is 12.9. The molecule has 0 saturated carbocycles. The minimum Gasteiger partial charge on any atom is -0.496 e. The monoisotopic (exact) mass is 425 g/mol. The van der Waals surface area contributed by atoms with Gasteiger partial charge in [0.15, 0.2) is 5.11 Å². The van der Waals surface area contributed by atoms with E-state index in [9.17, 15) is 4.79 Å². The number of hydrogen-bond acceptors (Lipinski definition) is 5. The third kappa shape index (κ3) is 4.47. The summed E-state index contributed by atoms with van der Waals surface area (Å²) in [6.07, 6.45) is 1.85. The number of methoxy groups -OCH3 is 1. The molecule has 2 heterocycles. The molecule has 150 valence electrons. The van der Waals surface area contributed by atoms with Crippen molar-refractivity contribution in [2.75, 3.05) is 36.6 Å². The first-order chi connectivity index (χ1) is 14.2. The molecule has 29 heavy (non-hydrogen) atoms. The zero-order valence-electron chi connectivity index (χ0n) is 16.3. The average molecular weight is 426 g/mol. The van der Waals surface area contributed by atoms with Gasteiger partial charge >= 0.3 is 0 Å². The fourth-order valence-electron chi connectivity index (χ4n) is 3.53. The van der Waals surface area contributed by atoms with Gasteiger partial charge in [-0.1, -0.05) is 24.3 Å². The number of hydrogen-bond donors (Lipinski definition) is 1. The van der Waals surface area contributed by atoms with Crippen molar-refractivity contribution in [3.05, 3.63) is 65.4 Å². The lowest BCUT2D eigenvalue weighted by atomic mass is 10.1. The Morgan fingerprint density at radius 2 is 1.93 bits per heavy atom. The molecule has 0 spiro atoms. The molecule has 0 bridgehead atoms. The average Bonchev–Trinajstić information content (AvgIpc) is 3.02. The van der Waals surface area contributed by atoms with Gasteiger partial charge in [0.05, 0.1) is 12.8 Å². The van der Waals surface area contributed by atoms with E-state index in [0.29, 0.717) is 10.8 Å². The number of anilines is 1. The first-order valence-corrected chi connectivity index (χ1v) is 11.1. The molecule has 5 nitrogen and oxygen atoms in total. The van der Waals surface area contributed by atoms with Gasteiger partial charge in [-0.25, -0.2) is 0 Å². The largest absolute Gasteiger partial charge is 0.496 e. The highest BCUT2D eigenvalue weighted by Gasteiger charge is 2.31. The van der Waals surface area contributed by atoms with E-state index < -0.39 is 0 Å². The number of para-hydroxylation sites is 1. The van der Waals surface area contributed by atoms with Crippen molar-refractivity contribution in [3.63, 3.8) is 0 Å². The third-order valence-electron chi connectivity index (χ3n) is 5.01. The standard InChI is InChI=1S/C22H23N3O2S2/c1-27-20-8-7-16(13-17(20)15-24-9-11-29-12-10-24)14-19-21(26)25(22(28)23-19)18-5-3-2-4-6-18/h2-8,13-14H,9-12,15H2,1H3,(H,23,28)/b19-14+. The Bertz CT molecular complexity index is 940. The van der Waals surface area contributed by atoms with Crippen LogP contribution in [-0.2, 0) is 11.3 Å². The van der Waals surface area contributed by atoms with E-state index >= 15 is 0 Å². The van der Waals surface area contributed by atoms with E-state index in [0.717, 1.165) is 53.7 Å². The third-order valence-corrected chi connectivity index (χ3v) is 6.23. The van der Waals surface area contributed by atoms with E-state index in [2.05, 4.69) is 16.3 Å². The maximum atomic E-state index is 12.9. The van der Waals surface area contributed by atoms with Crippen molar-refractivity contribution >= 4 is 46.8 Å². The van der Waals surface area contributed by atoms with E-state index in [1.807, 2.05) is 60.3 Å². The Kier molecular flexibility index (Phi) is 6.18. The lowest BCUT2D eigenvalue weighted by Crippen LogP contribution is -2.32. The summed E-state index contributed by atoms with van der Waals surface area (Å²) in [6.45, 7) is 3.01. The summed E-state index contributed by atoms with van der Waals surface area (Å²) in [6, 6.07) is 15.5. The molecule has 2 aromatic rings. The molecule has 2 aliphatic heterocycles. The molecule has 1 amide bonds. The van der Waals surface area contributed by atoms with Crippen LogP contribution in [0.2, 0.25) is 0 Å². The van der Waals surface area contributed by atoms with Crippen molar-refractivity contribution in [2.24, 2.45) is 0 Å². The number of rotatable bonds is 5. The molecule has 2 aliphatic rings. The normalized spacial score (nSPS) is 18.9. The summed E-state index contributed by atoms with van der Waals surface area (Å²) in [7, 11) is 1.70. The van der Waals surface area contributed by atoms with Crippen LogP contribution in [0.3, 0.4) is 0 Å². The Morgan fingerprint density at radius 1 is 1.17 bits per heavy atom. The maximum Gasteiger partial charge on any atom is 0.281 e. The molecule has 4 rings (SSSR count). The van der Waals surface area contributed by atoms with Gasteiger partial charge < -0.3 is 10.1 Å². The quantitative estimate of drug-likeness (QED) is 0.584. The minimum absolute atomic E-state index is 0.147. The molecule has 7 heteroatoms. The van der Waals surface area contributed by atoms with Crippen LogP contribution in [0.25, 0.3) is 6.08 Å². The van der Waals surface area contributed by atoms with Gasteiger partial charge in [-0.05, 0) is 48.1 Å². The van der Waals surface area contributed by atoms with Gasteiger partial charge in [-0.3, -0.25) is 14.6 Å². The van der Waals surface area contributed by atoms with Gasteiger partial charge in [0.1, 0.15) is 11.4 Å². The molecular weight excluding hydrogens is 402 g/mol. The number of benzene rings is 2. The van der Waals surface area contributed by atoms with Crippen molar-refractivity contribution in [2.45, 2.75) is 6.54 Å². The van der Waals surface area contributed by atoms with Crippen LogP contribution in [0, 0.1) is 0 Å². The smallest absolute Gasteiger partial charge is 0.281 e. The fraction of sp³-hybridized carbons (Fsp3) is 0.273. The summed E-state index contributed by atoms with van der Waals surface area (Å²) in [5, 5.41) is 3.45. The Morgan fingerprint density at radius 3 is 2.66 bits per heavy atom. The van der Waals surface area contributed by atoms with E-state index in [1.54, 1.807) is 7.11 Å². The topological polar surface area (TPSA) is 44.8 Å². The molecule has 0 atom stereocenters. The summed E-state index contributed by atoms with van der Waals surface area (Å²) in [5.74, 6) is 3.05. The predicted octanol–water partition coefficient (Wildman–Crippen LogP) is 3.51. The van der Waals surface area contributed by atoms with E-state index in [-0.39, 0.29) is 5.91 Å². The SMILES string of the molecule is COc1ccc(/C=C2/NC(=S)N(c3ccccc3)C2=O)cc1CN1CCSCC1. The first kappa shape index (κ1) is 19.9. The second-order valence-electron chi connectivity index (χ2n) is 6.92. The number of amides is 1. The van der Waals surface area contributed by atoms with Gasteiger partial charge in [-0.15, -0.1) is 0 Å². The second-order valence-corrected chi connectivity index (χ2v) is 8.54. The van der Waals surface area contributed by atoms with Crippen molar-refractivity contribution in [3.8, 4) is 5.75 Å². The van der Waals surface area contributed by atoms with Crippen LogP contribution in [0.5, 0.6) is 5.75 Å². The highest BCUT2D eigenvalue weighted by atomic mass is 32.2. The van der Waals surface area contributed by atoms with Gasteiger partial charge in [0.2, 0.25) is 0 Å². The van der Waals surface area contributed by atoms with Crippen LogP contribution in [-0.4, -0.2) is 47.6 Å². The number of nitrogens with one attached hydrogen (secondary N) is 1. The van der Waals surface area contributed by atoms with Crippen LogP contribution >= 0.6 is 24.0 Å². The highest BCUT2D eigenvalue weighted by molar-refractivity contribution is 7.99. The molecular formula is C22H23N3O2S2. The number of ether oxygens (including phenoxy) is 1. The van der Waals surface area contributed by atoms with Crippen LogP contribution < -0.4 is 15.0 Å². The number of thiocarbonyl (C=S) groups is 1. The summed E-state index contributed by atoms with van der Waals surface area (Å²) in [5.41, 5.74) is 3.31. The minimum atomic E-state index is -0.147. The number of thioether (sulfide) groups is 1. The van der Waals surface area contributed by atoms with Gasteiger partial charge in [0, 0.05) is 36.7 Å². The second kappa shape index (κ2) is 8.98. The predicted molar refractivity (Wildman–Crippen MR) is 123 cm³/mol. The highest BCUT2D eigenvalue weighted by Crippen LogP contribution is 2.26. The van der Waals surface area contributed by atoms with Gasteiger partial charge in [0.25, 0.3) is 5.91 Å². The Hall–Kier alpha value is -2.35. The molecule has 2 saturated heterocycles. The molecule has 0 radical (unpaired) electrons. The first-order valence-electron chi connectivity index (χ1n) is 9.55. The van der Waals surface area contributed by atoms with E-state index in [1.165, 1.54) is 4.90 Å². The molecule has 1 N–H and O–H groups in total. The Balaban J connectivity index is 1.58. The zero-order chi connectivity index (χ0) is 20.2. The number of carbonyl (C=O) groups is 1. The lowest BCUT2D eigenvalue weighted by Gasteiger charge is -2.26. The molecule has 0 aromatic heterocycles. The van der Waals surface area contributed by atoms with Crippen molar-refractivity contribution < 1.29 is 9.53 Å². The van der Waals surface area contributed by atoms with Crippen LogP contribution in [0.15, 0.2) is 54.2 Å². The van der Waals surface area contributed by atoms with Crippen molar-refractivity contribution in [1.29, 1.82) is 0 Å². The molecule has 0 aliphatic carbocycles. The lowest BCUT2D eigenvalue weighted by molar-refractivity contribution is -0.113. The summed E-state index contributed by atoms with van der Waals surface area (Å²) >= 11 is 7.39. The summed E-state index contributed by atoms with van der Waals surface area (Å²) < 4.78 is 5.56. The fourth-order valence-corrected chi connectivity index (χ4v) is 4.80. The number of carbonyl (C=O) groups excluding carboxylic acids is 1. The summed E-state index contributed by atoms with van der Waals surface area (Å²) in [4.78, 5) is 16.9. The molecule has 2 fully saturated rings. The molecule has 2 aromatic carbocycles. The van der Waals surface area contributed by atoms with E-state index in [4.69, 9.17) is 17.0 Å². The van der Waals surface area contributed by atoms with Crippen molar-refractivity contribution in [1.82, 2.24) is 10.2 Å². The Labute approximate surface area is 180 Å². The van der Waals surface area contributed by atoms with Crippen LogP contribution in [0.1, 0.15) is 11.1 Å². The molecule has 0 unspecified atom stereocenters. The van der Waals surface area contributed by atoms with Gasteiger partial charge in [-0.2, -0.15) is 11.8 Å². The van der Waals surface area contributed by atoms with Crippen LogP contribution in [0.4, 0.5) is 5.69 Å².